The summed E-state index contributed by atoms with van der Waals surface area (Å²) < 4.78 is 1.70. The first kappa shape index (κ1) is 13.1. The molecular weight excluding hydrogens is 248 g/mol. The van der Waals surface area contributed by atoms with Crippen LogP contribution in [0.25, 0.3) is 0 Å². The quantitative estimate of drug-likeness (QED) is 0.799. The summed E-state index contributed by atoms with van der Waals surface area (Å²) in [6.45, 7) is 2.05. The first-order chi connectivity index (χ1) is 9.67. The third kappa shape index (κ3) is 2.40. The van der Waals surface area contributed by atoms with Crippen molar-refractivity contribution in [1.82, 2.24) is 9.78 Å². The van der Waals surface area contributed by atoms with Crippen molar-refractivity contribution < 1.29 is 4.79 Å². The van der Waals surface area contributed by atoms with E-state index < -0.39 is 0 Å². The first-order valence-corrected chi connectivity index (χ1v) is 7.34. The van der Waals surface area contributed by atoms with Crippen molar-refractivity contribution >= 4 is 5.78 Å². The van der Waals surface area contributed by atoms with Crippen LogP contribution in [0.3, 0.4) is 0 Å². The predicted octanol–water partition coefficient (Wildman–Crippen LogP) is 2.90. The number of carbonyl (C=O) groups excluding carboxylic acids is 1. The summed E-state index contributed by atoms with van der Waals surface area (Å²) >= 11 is 0. The van der Waals surface area contributed by atoms with Gasteiger partial charge in [0.1, 0.15) is 5.69 Å². The average Bonchev–Trinajstić information content (AvgIpc) is 3.04. The smallest absolute Gasteiger partial charge is 0.185 e. The molecule has 0 aliphatic heterocycles. The molecule has 20 heavy (non-hydrogen) atoms. The fraction of sp³-hybridized carbons (Fsp3) is 0.412. The van der Waals surface area contributed by atoms with E-state index in [4.69, 9.17) is 0 Å². The van der Waals surface area contributed by atoms with E-state index in [0.717, 1.165) is 24.1 Å². The molecule has 0 unspecified atom stereocenters. The van der Waals surface area contributed by atoms with Crippen molar-refractivity contribution in [3.05, 3.63) is 52.3 Å². The van der Waals surface area contributed by atoms with Gasteiger partial charge in [-0.05, 0) is 48.4 Å². The number of aromatic nitrogens is 2. The molecule has 1 aromatic carbocycles. The van der Waals surface area contributed by atoms with Gasteiger partial charge in [0.25, 0.3) is 0 Å². The van der Waals surface area contributed by atoms with Gasteiger partial charge in [0.15, 0.2) is 5.78 Å². The van der Waals surface area contributed by atoms with Crippen LogP contribution < -0.4 is 0 Å². The largest absolute Gasteiger partial charge is 0.292 e. The van der Waals surface area contributed by atoms with E-state index in [9.17, 15) is 4.79 Å². The van der Waals surface area contributed by atoms with Gasteiger partial charge in [-0.25, -0.2) is 0 Å². The lowest BCUT2D eigenvalue weighted by Gasteiger charge is -2.05. The van der Waals surface area contributed by atoms with Crippen LogP contribution in [0.1, 0.15) is 46.2 Å². The molecule has 1 heterocycles. The van der Waals surface area contributed by atoms with Crippen LogP contribution in [0.2, 0.25) is 0 Å². The fourth-order valence-electron chi connectivity index (χ4n) is 2.97. The number of ketones is 1. The molecule has 0 N–H and O–H groups in total. The summed E-state index contributed by atoms with van der Waals surface area (Å²) in [5, 5.41) is 4.35. The third-order valence-corrected chi connectivity index (χ3v) is 4.11. The number of carbonyl (C=O) groups is 1. The molecular formula is C17H20N2O. The van der Waals surface area contributed by atoms with E-state index in [1.54, 1.807) is 4.68 Å². The fourth-order valence-corrected chi connectivity index (χ4v) is 2.97. The summed E-state index contributed by atoms with van der Waals surface area (Å²) in [5.74, 6) is 0.151. The molecule has 1 aromatic heterocycles. The van der Waals surface area contributed by atoms with Gasteiger partial charge in [0.05, 0.1) is 5.69 Å². The summed E-state index contributed by atoms with van der Waals surface area (Å²) in [4.78, 5) is 12.4. The average molecular weight is 268 g/mol. The Hall–Kier alpha value is -1.90. The van der Waals surface area contributed by atoms with Crippen molar-refractivity contribution in [3.63, 3.8) is 0 Å². The molecule has 3 rings (SSSR count). The van der Waals surface area contributed by atoms with Gasteiger partial charge in [0.2, 0.25) is 0 Å². The zero-order chi connectivity index (χ0) is 14.1. The standard InChI is InChI=1S/C17H20N2O/c1-3-15-11-16(19(2)18-15)17(20)10-12-7-8-13-5-4-6-14(13)9-12/h7-9,11H,3-6,10H2,1-2H3. The highest BCUT2D eigenvalue weighted by atomic mass is 16.1. The van der Waals surface area contributed by atoms with Crippen molar-refractivity contribution in [2.75, 3.05) is 0 Å². The maximum absolute atomic E-state index is 12.4. The van der Waals surface area contributed by atoms with Crippen molar-refractivity contribution in [2.24, 2.45) is 7.05 Å². The number of rotatable bonds is 4. The van der Waals surface area contributed by atoms with Crippen LogP contribution in [-0.2, 0) is 32.7 Å². The molecule has 0 saturated heterocycles. The lowest BCUT2D eigenvalue weighted by Crippen LogP contribution is -2.09. The molecule has 0 saturated carbocycles. The van der Waals surface area contributed by atoms with Gasteiger partial charge in [0, 0.05) is 13.5 Å². The van der Waals surface area contributed by atoms with E-state index in [-0.39, 0.29) is 5.78 Å². The van der Waals surface area contributed by atoms with Crippen LogP contribution in [0.5, 0.6) is 0 Å². The van der Waals surface area contributed by atoms with Crippen LogP contribution in [0, 0.1) is 0 Å². The zero-order valence-corrected chi connectivity index (χ0v) is 12.1. The molecule has 2 aromatic rings. The highest BCUT2D eigenvalue weighted by Gasteiger charge is 2.15. The Morgan fingerprint density at radius 2 is 2.05 bits per heavy atom. The third-order valence-electron chi connectivity index (χ3n) is 4.11. The van der Waals surface area contributed by atoms with Gasteiger partial charge in [-0.1, -0.05) is 25.1 Å². The zero-order valence-electron chi connectivity index (χ0n) is 12.1. The normalized spacial score (nSPS) is 13.5. The number of hydrogen-bond acceptors (Lipinski definition) is 2. The summed E-state index contributed by atoms with van der Waals surface area (Å²) in [6.07, 6.45) is 4.92. The van der Waals surface area contributed by atoms with Crippen LogP contribution in [-0.4, -0.2) is 15.6 Å². The van der Waals surface area contributed by atoms with E-state index in [1.807, 2.05) is 13.1 Å². The molecule has 0 amide bonds. The topological polar surface area (TPSA) is 34.9 Å². The SMILES string of the molecule is CCc1cc(C(=O)Cc2ccc3c(c2)CCC3)n(C)n1. The molecule has 1 aliphatic rings. The molecule has 0 bridgehead atoms. The Balaban J connectivity index is 1.80. The van der Waals surface area contributed by atoms with Gasteiger partial charge in [-0.3, -0.25) is 9.48 Å². The number of fused-ring (bicyclic) bond motifs is 1. The van der Waals surface area contributed by atoms with Gasteiger partial charge < -0.3 is 0 Å². The number of hydrogen-bond donors (Lipinski definition) is 0. The van der Waals surface area contributed by atoms with Crippen LogP contribution in [0.4, 0.5) is 0 Å². The van der Waals surface area contributed by atoms with Crippen LogP contribution in [0.15, 0.2) is 24.3 Å². The first-order valence-electron chi connectivity index (χ1n) is 7.34. The van der Waals surface area contributed by atoms with E-state index >= 15 is 0 Å². The molecule has 3 heteroatoms. The van der Waals surface area contributed by atoms with Crippen molar-refractivity contribution in [3.8, 4) is 0 Å². The Bertz CT molecular complexity index is 655. The maximum Gasteiger partial charge on any atom is 0.185 e. The molecule has 0 fully saturated rings. The lowest BCUT2D eigenvalue weighted by molar-refractivity contribution is 0.0984. The van der Waals surface area contributed by atoms with Gasteiger partial charge >= 0.3 is 0 Å². The van der Waals surface area contributed by atoms with Gasteiger partial charge in [-0.2, -0.15) is 5.10 Å². The second-order valence-corrected chi connectivity index (χ2v) is 5.55. The Morgan fingerprint density at radius 3 is 2.80 bits per heavy atom. The number of Topliss-reactive ketones (excluding diaryl/α,β-unsaturated/α-hetero) is 1. The number of benzene rings is 1. The highest BCUT2D eigenvalue weighted by Crippen LogP contribution is 2.23. The van der Waals surface area contributed by atoms with Gasteiger partial charge in [-0.15, -0.1) is 0 Å². The highest BCUT2D eigenvalue weighted by molar-refractivity contribution is 5.96. The molecule has 3 nitrogen and oxygen atoms in total. The summed E-state index contributed by atoms with van der Waals surface area (Å²) in [7, 11) is 1.84. The van der Waals surface area contributed by atoms with E-state index in [0.29, 0.717) is 12.1 Å². The summed E-state index contributed by atoms with van der Waals surface area (Å²) in [6, 6.07) is 8.40. The Labute approximate surface area is 119 Å². The van der Waals surface area contributed by atoms with Crippen molar-refractivity contribution in [1.29, 1.82) is 0 Å². The molecule has 0 spiro atoms. The van der Waals surface area contributed by atoms with Crippen LogP contribution >= 0.6 is 0 Å². The Morgan fingerprint density at radius 1 is 1.25 bits per heavy atom. The second-order valence-electron chi connectivity index (χ2n) is 5.55. The van der Waals surface area contributed by atoms with E-state index in [2.05, 4.69) is 30.2 Å². The number of nitrogens with zero attached hydrogens (tertiary/aromatic N) is 2. The second kappa shape index (κ2) is 5.23. The van der Waals surface area contributed by atoms with Crippen molar-refractivity contribution in [2.45, 2.75) is 39.0 Å². The molecule has 104 valence electrons. The number of aryl methyl sites for hydroxylation is 4. The molecule has 0 radical (unpaired) electrons. The summed E-state index contributed by atoms with van der Waals surface area (Å²) in [5.41, 5.74) is 5.69. The Kier molecular flexibility index (Phi) is 3.43. The predicted molar refractivity (Wildman–Crippen MR) is 79.1 cm³/mol. The lowest BCUT2D eigenvalue weighted by atomic mass is 10.0. The monoisotopic (exact) mass is 268 g/mol. The molecule has 1 aliphatic carbocycles. The molecule has 0 atom stereocenters. The minimum Gasteiger partial charge on any atom is -0.292 e. The van der Waals surface area contributed by atoms with E-state index in [1.165, 1.54) is 24.0 Å². The maximum atomic E-state index is 12.4. The minimum absolute atomic E-state index is 0.151. The minimum atomic E-state index is 0.151.